The van der Waals surface area contributed by atoms with Gasteiger partial charge >= 0.3 is 0 Å². The molecule has 0 aliphatic carbocycles. The molecule has 1 N–H and O–H groups in total. The van der Waals surface area contributed by atoms with Crippen LogP contribution in [0, 0.1) is 13.8 Å². The monoisotopic (exact) mass is 263 g/mol. The normalized spacial score (nSPS) is 10.7. The van der Waals surface area contributed by atoms with E-state index >= 15 is 0 Å². The van der Waals surface area contributed by atoms with Crippen molar-refractivity contribution in [2.45, 2.75) is 20.3 Å². The van der Waals surface area contributed by atoms with Crippen LogP contribution >= 0.6 is 11.6 Å². The molecule has 0 fully saturated rings. The van der Waals surface area contributed by atoms with E-state index in [4.69, 9.17) is 11.6 Å². The molecule has 0 amide bonds. The Balaban J connectivity index is 1.94. The maximum Gasteiger partial charge on any atom is 0.0827 e. The van der Waals surface area contributed by atoms with E-state index in [2.05, 4.69) is 29.5 Å². The molecule has 0 saturated carbocycles. The molecule has 0 bridgehead atoms. The minimum atomic E-state index is 0.783. The zero-order valence-corrected chi connectivity index (χ0v) is 11.8. The molecular weight excluding hydrogens is 246 g/mol. The topological polar surface area (TPSA) is 29.9 Å². The van der Waals surface area contributed by atoms with Crippen LogP contribution in [0.3, 0.4) is 0 Å². The van der Waals surface area contributed by atoms with Crippen molar-refractivity contribution in [2.75, 3.05) is 11.9 Å². The summed E-state index contributed by atoms with van der Waals surface area (Å²) in [6, 6.07) is 7.98. The molecule has 0 spiro atoms. The Labute approximate surface area is 113 Å². The van der Waals surface area contributed by atoms with Crippen LogP contribution in [0.2, 0.25) is 5.02 Å². The average Bonchev–Trinajstić information content (AvgIpc) is 2.58. The van der Waals surface area contributed by atoms with Crippen LogP contribution in [0.15, 0.2) is 24.3 Å². The van der Waals surface area contributed by atoms with E-state index in [9.17, 15) is 0 Å². The van der Waals surface area contributed by atoms with E-state index in [-0.39, 0.29) is 0 Å². The summed E-state index contributed by atoms with van der Waals surface area (Å²) in [6.45, 7) is 5.00. The third kappa shape index (κ3) is 2.85. The van der Waals surface area contributed by atoms with Gasteiger partial charge in [-0.05, 0) is 38.0 Å². The predicted octanol–water partition coefficient (Wildman–Crippen LogP) is 3.34. The summed E-state index contributed by atoms with van der Waals surface area (Å²) in [5.74, 6) is 0. The Bertz CT molecular complexity index is 529. The SMILES string of the molecule is Cc1nn(C)c(C)c1NCCc1ccc(Cl)cc1. The van der Waals surface area contributed by atoms with Crippen LogP contribution in [0.5, 0.6) is 0 Å². The van der Waals surface area contributed by atoms with Crippen molar-refractivity contribution in [1.29, 1.82) is 0 Å². The fraction of sp³-hybridized carbons (Fsp3) is 0.357. The molecule has 2 rings (SSSR count). The predicted molar refractivity (Wildman–Crippen MR) is 76.3 cm³/mol. The standard InChI is InChI=1S/C14H18ClN3/c1-10-14(11(2)18(3)17-10)16-9-8-12-4-6-13(15)7-5-12/h4-7,16H,8-9H2,1-3H3. The molecule has 0 aliphatic rings. The summed E-state index contributed by atoms with van der Waals surface area (Å²) in [6.07, 6.45) is 0.977. The summed E-state index contributed by atoms with van der Waals surface area (Å²) in [4.78, 5) is 0. The molecule has 3 nitrogen and oxygen atoms in total. The number of halogens is 1. The second kappa shape index (κ2) is 5.44. The lowest BCUT2D eigenvalue weighted by molar-refractivity contribution is 0.731. The summed E-state index contributed by atoms with van der Waals surface area (Å²) in [7, 11) is 1.96. The molecule has 0 radical (unpaired) electrons. The first-order valence-corrected chi connectivity index (χ1v) is 6.44. The van der Waals surface area contributed by atoms with E-state index < -0.39 is 0 Å². The number of nitrogens with one attached hydrogen (secondary N) is 1. The second-order valence-electron chi connectivity index (χ2n) is 4.47. The van der Waals surface area contributed by atoms with Crippen LogP contribution in [0.1, 0.15) is 17.0 Å². The summed E-state index contributed by atoms with van der Waals surface area (Å²) < 4.78 is 1.90. The Morgan fingerprint density at radius 2 is 1.89 bits per heavy atom. The van der Waals surface area contributed by atoms with Gasteiger partial charge in [0.05, 0.1) is 17.1 Å². The first-order valence-electron chi connectivity index (χ1n) is 6.06. The highest BCUT2D eigenvalue weighted by Crippen LogP contribution is 2.18. The average molecular weight is 264 g/mol. The molecule has 1 heterocycles. The number of rotatable bonds is 4. The van der Waals surface area contributed by atoms with E-state index in [0.717, 1.165) is 29.4 Å². The van der Waals surface area contributed by atoms with Crippen molar-refractivity contribution in [3.8, 4) is 0 Å². The van der Waals surface area contributed by atoms with Gasteiger partial charge < -0.3 is 5.32 Å². The van der Waals surface area contributed by atoms with Crippen LogP contribution in [0.4, 0.5) is 5.69 Å². The summed E-state index contributed by atoms with van der Waals surface area (Å²) in [5, 5.41) is 8.62. The van der Waals surface area contributed by atoms with Gasteiger partial charge in [0, 0.05) is 18.6 Å². The smallest absolute Gasteiger partial charge is 0.0827 e. The molecule has 0 atom stereocenters. The lowest BCUT2D eigenvalue weighted by Gasteiger charge is -2.07. The Hall–Kier alpha value is -1.48. The molecule has 0 saturated heterocycles. The number of anilines is 1. The number of benzene rings is 1. The van der Waals surface area contributed by atoms with E-state index in [1.807, 2.05) is 30.8 Å². The van der Waals surface area contributed by atoms with Gasteiger partial charge in [-0.3, -0.25) is 4.68 Å². The molecule has 18 heavy (non-hydrogen) atoms. The molecular formula is C14H18ClN3. The van der Waals surface area contributed by atoms with Crippen molar-refractivity contribution in [3.63, 3.8) is 0 Å². The third-order valence-corrected chi connectivity index (χ3v) is 3.39. The summed E-state index contributed by atoms with van der Waals surface area (Å²) in [5.41, 5.74) is 4.65. The number of hydrogen-bond acceptors (Lipinski definition) is 2. The molecule has 96 valence electrons. The van der Waals surface area contributed by atoms with Crippen molar-refractivity contribution < 1.29 is 0 Å². The van der Waals surface area contributed by atoms with Crippen LogP contribution in [0.25, 0.3) is 0 Å². The largest absolute Gasteiger partial charge is 0.382 e. The minimum absolute atomic E-state index is 0.783. The number of hydrogen-bond donors (Lipinski definition) is 1. The van der Waals surface area contributed by atoms with Gasteiger partial charge in [0.15, 0.2) is 0 Å². The van der Waals surface area contributed by atoms with Crippen LogP contribution in [-0.4, -0.2) is 16.3 Å². The lowest BCUT2D eigenvalue weighted by Crippen LogP contribution is -2.06. The van der Waals surface area contributed by atoms with Crippen LogP contribution in [-0.2, 0) is 13.5 Å². The lowest BCUT2D eigenvalue weighted by atomic mass is 10.1. The van der Waals surface area contributed by atoms with Gasteiger partial charge in [-0.15, -0.1) is 0 Å². The second-order valence-corrected chi connectivity index (χ2v) is 4.91. The fourth-order valence-electron chi connectivity index (χ4n) is 2.01. The van der Waals surface area contributed by atoms with Crippen LogP contribution < -0.4 is 5.32 Å². The van der Waals surface area contributed by atoms with Crippen molar-refractivity contribution >= 4 is 17.3 Å². The fourth-order valence-corrected chi connectivity index (χ4v) is 2.14. The first-order chi connectivity index (χ1) is 8.58. The third-order valence-electron chi connectivity index (χ3n) is 3.14. The molecule has 1 aromatic heterocycles. The highest BCUT2D eigenvalue weighted by atomic mass is 35.5. The molecule has 1 aromatic carbocycles. The maximum absolute atomic E-state index is 5.86. The minimum Gasteiger partial charge on any atom is -0.382 e. The van der Waals surface area contributed by atoms with Gasteiger partial charge in [0.1, 0.15) is 0 Å². The number of nitrogens with zero attached hydrogens (tertiary/aromatic N) is 2. The Morgan fingerprint density at radius 1 is 1.22 bits per heavy atom. The van der Waals surface area contributed by atoms with Gasteiger partial charge in [0.25, 0.3) is 0 Å². The van der Waals surface area contributed by atoms with Gasteiger partial charge in [-0.1, -0.05) is 23.7 Å². The zero-order valence-electron chi connectivity index (χ0n) is 11.0. The Kier molecular flexibility index (Phi) is 3.92. The van der Waals surface area contributed by atoms with Crippen molar-refractivity contribution in [1.82, 2.24) is 9.78 Å². The van der Waals surface area contributed by atoms with Gasteiger partial charge in [-0.25, -0.2) is 0 Å². The number of aryl methyl sites for hydroxylation is 2. The number of aromatic nitrogens is 2. The first kappa shape index (κ1) is 13.0. The van der Waals surface area contributed by atoms with E-state index in [1.54, 1.807) is 0 Å². The van der Waals surface area contributed by atoms with Crippen molar-refractivity contribution in [2.24, 2.45) is 7.05 Å². The molecule has 4 heteroatoms. The van der Waals surface area contributed by atoms with Gasteiger partial charge in [0.2, 0.25) is 0 Å². The summed E-state index contributed by atoms with van der Waals surface area (Å²) >= 11 is 5.86. The zero-order chi connectivity index (χ0) is 13.1. The molecule has 0 unspecified atom stereocenters. The van der Waals surface area contributed by atoms with Gasteiger partial charge in [-0.2, -0.15) is 5.10 Å². The highest BCUT2D eigenvalue weighted by molar-refractivity contribution is 6.30. The van der Waals surface area contributed by atoms with E-state index in [1.165, 1.54) is 11.3 Å². The Morgan fingerprint density at radius 3 is 2.44 bits per heavy atom. The molecule has 2 aromatic rings. The quantitative estimate of drug-likeness (QED) is 0.917. The van der Waals surface area contributed by atoms with Crippen molar-refractivity contribution in [3.05, 3.63) is 46.2 Å². The molecule has 0 aliphatic heterocycles. The maximum atomic E-state index is 5.86. The highest BCUT2D eigenvalue weighted by Gasteiger charge is 2.07. The van der Waals surface area contributed by atoms with E-state index in [0.29, 0.717) is 0 Å².